The molecule has 0 bridgehead atoms. The van der Waals surface area contributed by atoms with Gasteiger partial charge in [-0.2, -0.15) is 0 Å². The molecule has 1 nitrogen and oxygen atoms in total. The van der Waals surface area contributed by atoms with E-state index < -0.39 is 0 Å². The first-order valence-electron chi connectivity index (χ1n) is 4.57. The van der Waals surface area contributed by atoms with Crippen LogP contribution in [0.1, 0.15) is 12.0 Å². The Bertz CT molecular complexity index is 294. The highest BCUT2D eigenvalue weighted by Crippen LogP contribution is 2.20. The fraction of sp³-hybridized carbons (Fsp3) is 0.364. The number of hydrogen-bond donors (Lipinski definition) is 0. The van der Waals surface area contributed by atoms with E-state index in [2.05, 4.69) is 24.3 Å². The molecule has 1 heterocycles. The van der Waals surface area contributed by atoms with Gasteiger partial charge in [-0.15, -0.1) is 0 Å². The summed E-state index contributed by atoms with van der Waals surface area (Å²) in [6, 6.07) is 10.4. The fourth-order valence-corrected chi connectivity index (χ4v) is 1.91. The fourth-order valence-electron chi connectivity index (χ4n) is 1.62. The van der Waals surface area contributed by atoms with Crippen LogP contribution >= 0.6 is 12.2 Å². The number of benzene rings is 1. The normalized spacial score (nSPS) is 21.5. The van der Waals surface area contributed by atoms with Crippen molar-refractivity contribution in [1.29, 1.82) is 0 Å². The van der Waals surface area contributed by atoms with Crippen LogP contribution in [0.4, 0.5) is 0 Å². The van der Waals surface area contributed by atoms with E-state index in [1.54, 1.807) is 0 Å². The summed E-state index contributed by atoms with van der Waals surface area (Å²) in [6.45, 7) is 0.802. The average molecular weight is 192 g/mol. The Morgan fingerprint density at radius 1 is 1.31 bits per heavy atom. The van der Waals surface area contributed by atoms with E-state index in [-0.39, 0.29) is 0 Å². The van der Waals surface area contributed by atoms with Crippen molar-refractivity contribution in [3.05, 3.63) is 35.9 Å². The maximum Gasteiger partial charge on any atom is 0.163 e. The zero-order chi connectivity index (χ0) is 9.10. The molecule has 0 radical (unpaired) electrons. The SMILES string of the molecule is S=C1OCCC1Cc1ccccc1. The highest BCUT2D eigenvalue weighted by molar-refractivity contribution is 7.80. The first-order valence-corrected chi connectivity index (χ1v) is 4.97. The van der Waals surface area contributed by atoms with Gasteiger partial charge in [0.25, 0.3) is 0 Å². The molecule has 1 unspecified atom stereocenters. The minimum Gasteiger partial charge on any atom is -0.487 e. The van der Waals surface area contributed by atoms with E-state index in [1.165, 1.54) is 5.56 Å². The van der Waals surface area contributed by atoms with E-state index >= 15 is 0 Å². The van der Waals surface area contributed by atoms with Crippen LogP contribution in [0, 0.1) is 5.92 Å². The van der Waals surface area contributed by atoms with Crippen LogP contribution in [0.5, 0.6) is 0 Å². The van der Waals surface area contributed by atoms with Crippen LogP contribution in [0.2, 0.25) is 0 Å². The molecule has 1 fully saturated rings. The zero-order valence-corrected chi connectivity index (χ0v) is 8.22. The van der Waals surface area contributed by atoms with E-state index in [0.717, 1.165) is 24.5 Å². The van der Waals surface area contributed by atoms with Crippen molar-refractivity contribution in [1.82, 2.24) is 0 Å². The lowest BCUT2D eigenvalue weighted by Gasteiger charge is -2.06. The quantitative estimate of drug-likeness (QED) is 0.666. The maximum absolute atomic E-state index is 5.27. The van der Waals surface area contributed by atoms with E-state index in [1.807, 2.05) is 6.07 Å². The third-order valence-electron chi connectivity index (χ3n) is 2.37. The monoisotopic (exact) mass is 192 g/mol. The summed E-state index contributed by atoms with van der Waals surface area (Å²) in [4.78, 5) is 0. The van der Waals surface area contributed by atoms with Crippen molar-refractivity contribution in [2.24, 2.45) is 5.92 Å². The topological polar surface area (TPSA) is 9.23 Å². The number of rotatable bonds is 2. The van der Waals surface area contributed by atoms with Crippen molar-refractivity contribution in [3.8, 4) is 0 Å². The van der Waals surface area contributed by atoms with E-state index in [4.69, 9.17) is 17.0 Å². The Morgan fingerprint density at radius 3 is 2.69 bits per heavy atom. The Labute approximate surface area is 83.7 Å². The standard InChI is InChI=1S/C11H12OS/c13-11-10(6-7-12-11)8-9-4-2-1-3-5-9/h1-5,10H,6-8H2. The van der Waals surface area contributed by atoms with Gasteiger partial charge >= 0.3 is 0 Å². The van der Waals surface area contributed by atoms with E-state index in [9.17, 15) is 0 Å². The summed E-state index contributed by atoms with van der Waals surface area (Å²) >= 11 is 5.12. The van der Waals surface area contributed by atoms with Gasteiger partial charge in [0.15, 0.2) is 5.05 Å². The number of hydrogen-bond acceptors (Lipinski definition) is 2. The van der Waals surface area contributed by atoms with Crippen LogP contribution in [-0.4, -0.2) is 11.7 Å². The molecule has 1 aliphatic rings. The summed E-state index contributed by atoms with van der Waals surface area (Å²) < 4.78 is 5.27. The molecule has 1 aromatic rings. The molecule has 1 aromatic carbocycles. The zero-order valence-electron chi connectivity index (χ0n) is 7.40. The molecule has 2 rings (SSSR count). The molecule has 1 atom stereocenters. The lowest BCUT2D eigenvalue weighted by molar-refractivity contribution is 0.351. The van der Waals surface area contributed by atoms with Gasteiger partial charge in [-0.05, 0) is 30.6 Å². The van der Waals surface area contributed by atoms with Gasteiger partial charge in [0, 0.05) is 5.92 Å². The summed E-state index contributed by atoms with van der Waals surface area (Å²) in [7, 11) is 0. The van der Waals surface area contributed by atoms with Gasteiger partial charge in [0.2, 0.25) is 0 Å². The lowest BCUT2D eigenvalue weighted by atomic mass is 9.99. The Morgan fingerprint density at radius 2 is 2.08 bits per heavy atom. The first-order chi connectivity index (χ1) is 6.36. The van der Waals surface area contributed by atoms with Gasteiger partial charge in [0.05, 0.1) is 6.61 Å². The summed E-state index contributed by atoms with van der Waals surface area (Å²) in [6.07, 6.45) is 2.10. The summed E-state index contributed by atoms with van der Waals surface area (Å²) in [5.41, 5.74) is 1.35. The second-order valence-electron chi connectivity index (χ2n) is 3.34. The van der Waals surface area contributed by atoms with Crippen LogP contribution < -0.4 is 0 Å². The average Bonchev–Trinajstić information content (AvgIpc) is 2.54. The van der Waals surface area contributed by atoms with E-state index in [0.29, 0.717) is 5.92 Å². The van der Waals surface area contributed by atoms with Gasteiger partial charge in [-0.1, -0.05) is 30.3 Å². The van der Waals surface area contributed by atoms with Crippen molar-refractivity contribution in [2.45, 2.75) is 12.8 Å². The van der Waals surface area contributed by atoms with Gasteiger partial charge in [-0.25, -0.2) is 0 Å². The molecule has 0 saturated carbocycles. The van der Waals surface area contributed by atoms with Crippen molar-refractivity contribution < 1.29 is 4.74 Å². The Hall–Kier alpha value is -0.890. The number of thiocarbonyl (C=S) groups is 1. The minimum atomic E-state index is 0.456. The Kier molecular flexibility index (Phi) is 2.60. The molecule has 13 heavy (non-hydrogen) atoms. The maximum atomic E-state index is 5.27. The molecule has 1 saturated heterocycles. The predicted octanol–water partition coefficient (Wildman–Crippen LogP) is 2.59. The molecular formula is C11H12OS. The summed E-state index contributed by atoms with van der Waals surface area (Å²) in [5, 5.41) is 0.795. The third kappa shape index (κ3) is 2.07. The molecular weight excluding hydrogens is 180 g/mol. The summed E-state index contributed by atoms with van der Waals surface area (Å²) in [5.74, 6) is 0.456. The second-order valence-corrected chi connectivity index (χ2v) is 3.75. The highest BCUT2D eigenvalue weighted by Gasteiger charge is 2.22. The highest BCUT2D eigenvalue weighted by atomic mass is 32.1. The minimum absolute atomic E-state index is 0.456. The van der Waals surface area contributed by atoms with Crippen molar-refractivity contribution >= 4 is 17.3 Å². The molecule has 0 aromatic heterocycles. The molecule has 0 N–H and O–H groups in total. The van der Waals surface area contributed by atoms with Crippen molar-refractivity contribution in [2.75, 3.05) is 6.61 Å². The van der Waals surface area contributed by atoms with Crippen molar-refractivity contribution in [3.63, 3.8) is 0 Å². The van der Waals surface area contributed by atoms with Gasteiger partial charge in [-0.3, -0.25) is 0 Å². The first kappa shape index (κ1) is 8.70. The van der Waals surface area contributed by atoms with Crippen LogP contribution in [0.3, 0.4) is 0 Å². The van der Waals surface area contributed by atoms with Gasteiger partial charge < -0.3 is 4.74 Å². The smallest absolute Gasteiger partial charge is 0.163 e. The molecule has 68 valence electrons. The van der Waals surface area contributed by atoms with Gasteiger partial charge in [0.1, 0.15) is 0 Å². The van der Waals surface area contributed by atoms with Crippen LogP contribution in [-0.2, 0) is 11.2 Å². The van der Waals surface area contributed by atoms with Crippen LogP contribution in [0.15, 0.2) is 30.3 Å². The molecule has 0 amide bonds. The number of ether oxygens (including phenoxy) is 1. The molecule has 1 aliphatic heterocycles. The molecule has 0 aliphatic carbocycles. The third-order valence-corrected chi connectivity index (χ3v) is 2.82. The lowest BCUT2D eigenvalue weighted by Crippen LogP contribution is -2.08. The second kappa shape index (κ2) is 3.88. The molecule has 0 spiro atoms. The largest absolute Gasteiger partial charge is 0.487 e. The predicted molar refractivity (Wildman–Crippen MR) is 56.8 cm³/mol. The Balaban J connectivity index is 2.02. The van der Waals surface area contributed by atoms with Crippen LogP contribution in [0.25, 0.3) is 0 Å². The molecule has 2 heteroatoms.